The van der Waals surface area contributed by atoms with Crippen molar-refractivity contribution in [3.05, 3.63) is 29.3 Å². The molecule has 1 atom stereocenters. The van der Waals surface area contributed by atoms with Crippen LogP contribution in [0.15, 0.2) is 23.1 Å². The predicted octanol–water partition coefficient (Wildman–Crippen LogP) is 0.340. The van der Waals surface area contributed by atoms with Crippen molar-refractivity contribution in [3.8, 4) is 0 Å². The van der Waals surface area contributed by atoms with Gasteiger partial charge in [0.2, 0.25) is 15.9 Å². The van der Waals surface area contributed by atoms with Gasteiger partial charge in [0.1, 0.15) is 0 Å². The Morgan fingerprint density at radius 3 is 2.57 bits per heavy atom. The fourth-order valence-corrected chi connectivity index (χ4v) is 4.18. The van der Waals surface area contributed by atoms with Gasteiger partial charge in [-0.25, -0.2) is 8.42 Å². The van der Waals surface area contributed by atoms with Gasteiger partial charge in [0.25, 0.3) is 0 Å². The Kier molecular flexibility index (Phi) is 4.10. The number of rotatable bonds is 4. The van der Waals surface area contributed by atoms with Crippen LogP contribution in [0, 0.1) is 12.3 Å². The first kappa shape index (κ1) is 15.9. The van der Waals surface area contributed by atoms with Gasteiger partial charge in [0.05, 0.1) is 10.3 Å². The highest BCUT2D eigenvalue weighted by Crippen LogP contribution is 2.33. The Balaban J connectivity index is 2.32. The minimum Gasteiger partial charge on any atom is -0.369 e. The Labute approximate surface area is 125 Å². The molecular weight excluding hydrogens is 290 g/mol. The van der Waals surface area contributed by atoms with Crippen molar-refractivity contribution in [2.24, 2.45) is 16.9 Å². The second-order valence-corrected chi connectivity index (χ2v) is 7.74. The number of sulfonamides is 1. The first-order chi connectivity index (χ1) is 9.70. The van der Waals surface area contributed by atoms with Crippen LogP contribution in [0.1, 0.15) is 24.5 Å². The summed E-state index contributed by atoms with van der Waals surface area (Å²) in [5, 5.41) is 0. The molecule has 1 aliphatic rings. The van der Waals surface area contributed by atoms with Crippen molar-refractivity contribution in [3.63, 3.8) is 0 Å². The number of nitrogens with zero attached hydrogens (tertiary/aromatic N) is 1. The number of nitrogens with two attached hydrogens (primary N) is 2. The Hall–Kier alpha value is -1.44. The lowest BCUT2D eigenvalue weighted by Gasteiger charge is -2.21. The van der Waals surface area contributed by atoms with Crippen LogP contribution in [0.4, 0.5) is 0 Å². The molecule has 1 aromatic rings. The van der Waals surface area contributed by atoms with E-state index in [2.05, 4.69) is 0 Å². The van der Waals surface area contributed by atoms with E-state index in [1.165, 1.54) is 4.31 Å². The molecule has 0 aromatic heterocycles. The average molecular weight is 311 g/mol. The van der Waals surface area contributed by atoms with Gasteiger partial charge in [-0.05, 0) is 43.5 Å². The second-order valence-electron chi connectivity index (χ2n) is 5.81. The maximum absolute atomic E-state index is 12.6. The van der Waals surface area contributed by atoms with Crippen LogP contribution < -0.4 is 11.5 Å². The molecule has 1 fully saturated rings. The zero-order valence-corrected chi connectivity index (χ0v) is 13.1. The van der Waals surface area contributed by atoms with Crippen LogP contribution >= 0.6 is 0 Å². The van der Waals surface area contributed by atoms with Gasteiger partial charge in [-0.15, -0.1) is 0 Å². The van der Waals surface area contributed by atoms with E-state index in [4.69, 9.17) is 11.5 Å². The number of hydrogen-bond donors (Lipinski definition) is 2. The normalized spacial score (nSPS) is 23.4. The van der Waals surface area contributed by atoms with E-state index in [1.54, 1.807) is 25.1 Å². The predicted molar refractivity (Wildman–Crippen MR) is 79.7 cm³/mol. The maximum atomic E-state index is 12.6. The quantitative estimate of drug-likeness (QED) is 0.836. The lowest BCUT2D eigenvalue weighted by molar-refractivity contribution is -0.126. The van der Waals surface area contributed by atoms with E-state index < -0.39 is 21.3 Å². The molecule has 1 aromatic carbocycles. The summed E-state index contributed by atoms with van der Waals surface area (Å²) in [6, 6.07) is 4.91. The first-order valence-electron chi connectivity index (χ1n) is 6.80. The summed E-state index contributed by atoms with van der Waals surface area (Å²) in [6.45, 7) is 4.34. The van der Waals surface area contributed by atoms with Gasteiger partial charge >= 0.3 is 0 Å². The summed E-state index contributed by atoms with van der Waals surface area (Å²) >= 11 is 0. The molecule has 21 heavy (non-hydrogen) atoms. The molecule has 0 aliphatic carbocycles. The lowest BCUT2D eigenvalue weighted by Crippen LogP contribution is -2.38. The number of carbonyl (C=O) groups is 1. The van der Waals surface area contributed by atoms with E-state index >= 15 is 0 Å². The molecule has 0 bridgehead atoms. The summed E-state index contributed by atoms with van der Waals surface area (Å²) < 4.78 is 26.6. The molecule has 7 heteroatoms. The standard InChI is InChI=1S/C14H21N3O3S/c1-10-7-12(4-3-11(10)8-15)21(19,20)17-6-5-14(2,9-17)13(16)18/h3-4,7H,5-6,8-9,15H2,1-2H3,(H2,16,18). The zero-order chi connectivity index (χ0) is 15.8. The summed E-state index contributed by atoms with van der Waals surface area (Å²) in [5.41, 5.74) is 11.9. The Morgan fingerprint density at radius 1 is 1.43 bits per heavy atom. The van der Waals surface area contributed by atoms with Crippen LogP contribution in [-0.2, 0) is 21.4 Å². The van der Waals surface area contributed by atoms with Crippen LogP contribution in [0.25, 0.3) is 0 Å². The average Bonchev–Trinajstić information content (AvgIpc) is 2.83. The highest BCUT2D eigenvalue weighted by atomic mass is 32.2. The largest absolute Gasteiger partial charge is 0.369 e. The van der Waals surface area contributed by atoms with Crippen molar-refractivity contribution in [2.45, 2.75) is 31.7 Å². The van der Waals surface area contributed by atoms with E-state index in [0.29, 0.717) is 19.5 Å². The summed E-state index contributed by atoms with van der Waals surface area (Å²) in [4.78, 5) is 11.7. The van der Waals surface area contributed by atoms with Crippen LogP contribution in [-0.4, -0.2) is 31.7 Å². The third-order valence-corrected chi connectivity index (χ3v) is 6.05. The highest BCUT2D eigenvalue weighted by Gasteiger charge is 2.43. The van der Waals surface area contributed by atoms with Crippen LogP contribution in [0.2, 0.25) is 0 Å². The van der Waals surface area contributed by atoms with Gasteiger partial charge in [-0.2, -0.15) is 4.31 Å². The van der Waals surface area contributed by atoms with E-state index in [0.717, 1.165) is 11.1 Å². The van der Waals surface area contributed by atoms with Crippen molar-refractivity contribution in [1.29, 1.82) is 0 Å². The van der Waals surface area contributed by atoms with Gasteiger partial charge in [0.15, 0.2) is 0 Å². The Morgan fingerprint density at radius 2 is 2.10 bits per heavy atom. The molecule has 2 rings (SSSR count). The molecule has 1 aliphatic heterocycles. The fraction of sp³-hybridized carbons (Fsp3) is 0.500. The molecule has 1 saturated heterocycles. The van der Waals surface area contributed by atoms with E-state index in [-0.39, 0.29) is 11.4 Å². The van der Waals surface area contributed by atoms with Gasteiger partial charge in [0, 0.05) is 19.6 Å². The van der Waals surface area contributed by atoms with E-state index in [9.17, 15) is 13.2 Å². The summed E-state index contributed by atoms with van der Waals surface area (Å²) in [5.74, 6) is -0.463. The molecule has 116 valence electrons. The minimum absolute atomic E-state index is 0.127. The molecule has 6 nitrogen and oxygen atoms in total. The monoisotopic (exact) mass is 311 g/mol. The number of hydrogen-bond acceptors (Lipinski definition) is 4. The molecular formula is C14H21N3O3S. The van der Waals surface area contributed by atoms with Crippen LogP contribution in [0.3, 0.4) is 0 Å². The third kappa shape index (κ3) is 2.81. The molecule has 1 unspecified atom stereocenters. The number of carbonyl (C=O) groups excluding carboxylic acids is 1. The molecule has 1 heterocycles. The van der Waals surface area contributed by atoms with Gasteiger partial charge in [-0.3, -0.25) is 4.79 Å². The van der Waals surface area contributed by atoms with Crippen molar-refractivity contribution in [1.82, 2.24) is 4.31 Å². The van der Waals surface area contributed by atoms with Gasteiger partial charge < -0.3 is 11.5 Å². The Bertz CT molecular complexity index is 672. The third-order valence-electron chi connectivity index (χ3n) is 4.20. The summed E-state index contributed by atoms with van der Waals surface area (Å²) in [6.07, 6.45) is 0.446. The number of amides is 1. The first-order valence-corrected chi connectivity index (χ1v) is 8.24. The fourth-order valence-electron chi connectivity index (χ4n) is 2.53. The lowest BCUT2D eigenvalue weighted by atomic mass is 9.89. The smallest absolute Gasteiger partial charge is 0.243 e. The zero-order valence-electron chi connectivity index (χ0n) is 12.3. The van der Waals surface area contributed by atoms with Crippen LogP contribution in [0.5, 0.6) is 0 Å². The number of aryl methyl sites for hydroxylation is 1. The molecule has 0 spiro atoms. The topological polar surface area (TPSA) is 106 Å². The number of primary amides is 1. The molecule has 1 amide bonds. The second kappa shape index (κ2) is 5.40. The minimum atomic E-state index is -3.61. The highest BCUT2D eigenvalue weighted by molar-refractivity contribution is 7.89. The summed E-state index contributed by atoms with van der Waals surface area (Å²) in [7, 11) is -3.61. The van der Waals surface area contributed by atoms with E-state index in [1.807, 2.05) is 6.92 Å². The van der Waals surface area contributed by atoms with Crippen molar-refractivity contribution < 1.29 is 13.2 Å². The van der Waals surface area contributed by atoms with Crippen molar-refractivity contribution in [2.75, 3.05) is 13.1 Å². The molecule has 0 saturated carbocycles. The SMILES string of the molecule is Cc1cc(S(=O)(=O)N2CCC(C)(C(N)=O)C2)ccc1CN. The van der Waals surface area contributed by atoms with Crippen molar-refractivity contribution >= 4 is 15.9 Å². The maximum Gasteiger partial charge on any atom is 0.243 e. The number of benzene rings is 1. The molecule has 4 N–H and O–H groups in total. The van der Waals surface area contributed by atoms with Gasteiger partial charge in [-0.1, -0.05) is 6.07 Å². The molecule has 0 radical (unpaired) electrons.